The second-order valence-electron chi connectivity index (χ2n) is 5.26. The maximum atomic E-state index is 12.4. The number of aromatic nitrogens is 1. The Morgan fingerprint density at radius 3 is 2.59 bits per heavy atom. The zero-order valence-corrected chi connectivity index (χ0v) is 13.2. The Kier molecular flexibility index (Phi) is 7.15. The van der Waals surface area contributed by atoms with Crippen LogP contribution in [0, 0.1) is 5.92 Å². The van der Waals surface area contributed by atoms with Gasteiger partial charge in [0, 0.05) is 12.7 Å². The molecule has 0 radical (unpaired) electrons. The molecule has 0 fully saturated rings. The van der Waals surface area contributed by atoms with E-state index in [1.807, 2.05) is 13.8 Å². The number of halogens is 3. The molecule has 1 aromatic rings. The summed E-state index contributed by atoms with van der Waals surface area (Å²) in [7, 11) is 0. The fourth-order valence-electron chi connectivity index (χ4n) is 1.68. The SMILES string of the molecule is CC(C)CC(O)CNC(=O)CSc1ccc(C(F)(F)F)cn1. The number of nitrogens with one attached hydrogen (secondary N) is 1. The van der Waals surface area contributed by atoms with Gasteiger partial charge in [0.1, 0.15) is 0 Å². The fourth-order valence-corrected chi connectivity index (χ4v) is 2.36. The first kappa shape index (κ1) is 18.8. The molecule has 8 heteroatoms. The van der Waals surface area contributed by atoms with Gasteiger partial charge in [0.15, 0.2) is 0 Å². The monoisotopic (exact) mass is 336 g/mol. The summed E-state index contributed by atoms with van der Waals surface area (Å²) in [6.45, 7) is 4.10. The van der Waals surface area contributed by atoms with Gasteiger partial charge < -0.3 is 10.4 Å². The molecule has 0 spiro atoms. The predicted molar refractivity (Wildman–Crippen MR) is 78.4 cm³/mol. The lowest BCUT2D eigenvalue weighted by atomic mass is 10.1. The van der Waals surface area contributed by atoms with E-state index >= 15 is 0 Å². The summed E-state index contributed by atoms with van der Waals surface area (Å²) in [6.07, 6.45) is -3.68. The van der Waals surface area contributed by atoms with E-state index in [0.717, 1.165) is 24.0 Å². The van der Waals surface area contributed by atoms with E-state index in [9.17, 15) is 23.1 Å². The first-order valence-electron chi connectivity index (χ1n) is 6.79. The zero-order valence-electron chi connectivity index (χ0n) is 12.4. The van der Waals surface area contributed by atoms with Crippen molar-refractivity contribution in [1.29, 1.82) is 0 Å². The van der Waals surface area contributed by atoms with Crippen LogP contribution in [0.3, 0.4) is 0 Å². The third-order valence-corrected chi connectivity index (χ3v) is 3.64. The highest BCUT2D eigenvalue weighted by Gasteiger charge is 2.30. The van der Waals surface area contributed by atoms with E-state index in [4.69, 9.17) is 0 Å². The molecule has 1 heterocycles. The second kappa shape index (κ2) is 8.38. The van der Waals surface area contributed by atoms with Gasteiger partial charge in [0.05, 0.1) is 22.4 Å². The van der Waals surface area contributed by atoms with E-state index in [1.54, 1.807) is 0 Å². The first-order valence-corrected chi connectivity index (χ1v) is 7.78. The Morgan fingerprint density at radius 2 is 2.09 bits per heavy atom. The van der Waals surface area contributed by atoms with Crippen molar-refractivity contribution in [2.24, 2.45) is 5.92 Å². The third kappa shape index (κ3) is 7.13. The van der Waals surface area contributed by atoms with Crippen molar-refractivity contribution in [2.75, 3.05) is 12.3 Å². The summed E-state index contributed by atoms with van der Waals surface area (Å²) >= 11 is 1.04. The number of carbonyl (C=O) groups excluding carboxylic acids is 1. The number of nitrogens with zero attached hydrogens (tertiary/aromatic N) is 1. The molecule has 0 aliphatic carbocycles. The highest BCUT2D eigenvalue weighted by molar-refractivity contribution is 7.99. The Labute approximate surface area is 131 Å². The van der Waals surface area contributed by atoms with Crippen LogP contribution >= 0.6 is 11.8 Å². The van der Waals surface area contributed by atoms with Crippen LogP contribution in [-0.4, -0.2) is 34.4 Å². The summed E-state index contributed by atoms with van der Waals surface area (Å²) in [5.41, 5.74) is -0.821. The van der Waals surface area contributed by atoms with Crippen LogP contribution in [0.2, 0.25) is 0 Å². The number of thioether (sulfide) groups is 1. The molecule has 1 unspecified atom stereocenters. The Bertz CT molecular complexity index is 478. The molecule has 124 valence electrons. The lowest BCUT2D eigenvalue weighted by Gasteiger charge is -2.13. The standard InChI is InChI=1S/C14H19F3N2O2S/c1-9(2)5-11(20)7-18-12(21)8-22-13-4-3-10(6-19-13)14(15,16)17/h3-4,6,9,11,20H,5,7-8H2,1-2H3,(H,18,21). The van der Waals surface area contributed by atoms with E-state index in [2.05, 4.69) is 10.3 Å². The molecule has 1 aromatic heterocycles. The minimum Gasteiger partial charge on any atom is -0.391 e. The summed E-state index contributed by atoms with van der Waals surface area (Å²) < 4.78 is 37.1. The third-order valence-electron chi connectivity index (χ3n) is 2.69. The molecule has 0 aliphatic heterocycles. The Balaban J connectivity index is 2.35. The number of carbonyl (C=O) groups is 1. The van der Waals surface area contributed by atoms with Gasteiger partial charge in [-0.3, -0.25) is 4.79 Å². The number of pyridine rings is 1. The van der Waals surface area contributed by atoms with Crippen molar-refractivity contribution in [2.45, 2.75) is 37.6 Å². The minimum absolute atomic E-state index is 0.0345. The van der Waals surface area contributed by atoms with Gasteiger partial charge in [-0.05, 0) is 24.5 Å². The topological polar surface area (TPSA) is 62.2 Å². The lowest BCUT2D eigenvalue weighted by Crippen LogP contribution is -2.33. The molecule has 1 rings (SSSR count). The van der Waals surface area contributed by atoms with Gasteiger partial charge in [-0.1, -0.05) is 25.6 Å². The van der Waals surface area contributed by atoms with Gasteiger partial charge in [-0.2, -0.15) is 13.2 Å². The number of alkyl halides is 3. The number of rotatable bonds is 7. The highest BCUT2D eigenvalue weighted by Crippen LogP contribution is 2.29. The van der Waals surface area contributed by atoms with Crippen LogP contribution in [0.1, 0.15) is 25.8 Å². The molecule has 4 nitrogen and oxygen atoms in total. The van der Waals surface area contributed by atoms with Crippen molar-refractivity contribution in [3.8, 4) is 0 Å². The fraction of sp³-hybridized carbons (Fsp3) is 0.571. The summed E-state index contributed by atoms with van der Waals surface area (Å²) in [5.74, 6) is 0.0689. The van der Waals surface area contributed by atoms with Crippen LogP contribution in [0.5, 0.6) is 0 Å². The van der Waals surface area contributed by atoms with Gasteiger partial charge in [-0.15, -0.1) is 0 Å². The molecule has 1 amide bonds. The minimum atomic E-state index is -4.42. The molecular formula is C14H19F3N2O2S. The van der Waals surface area contributed by atoms with Gasteiger partial charge in [0.2, 0.25) is 5.91 Å². The molecule has 0 bridgehead atoms. The average molecular weight is 336 g/mol. The largest absolute Gasteiger partial charge is 0.417 e. The van der Waals surface area contributed by atoms with Crippen molar-refractivity contribution in [3.05, 3.63) is 23.9 Å². The second-order valence-corrected chi connectivity index (χ2v) is 6.25. The average Bonchev–Trinajstić information content (AvgIpc) is 2.41. The van der Waals surface area contributed by atoms with Gasteiger partial charge >= 0.3 is 6.18 Å². The molecule has 0 saturated carbocycles. The zero-order chi connectivity index (χ0) is 16.8. The first-order chi connectivity index (χ1) is 10.2. The number of aliphatic hydroxyl groups is 1. The quantitative estimate of drug-likeness (QED) is 0.752. The molecule has 22 heavy (non-hydrogen) atoms. The van der Waals surface area contributed by atoms with Crippen molar-refractivity contribution in [1.82, 2.24) is 10.3 Å². The Morgan fingerprint density at radius 1 is 1.41 bits per heavy atom. The van der Waals surface area contributed by atoms with Crippen molar-refractivity contribution >= 4 is 17.7 Å². The number of aliphatic hydroxyl groups excluding tert-OH is 1. The van der Waals surface area contributed by atoms with Crippen molar-refractivity contribution < 1.29 is 23.1 Å². The number of hydrogen-bond donors (Lipinski definition) is 2. The maximum absolute atomic E-state index is 12.4. The number of hydrogen-bond acceptors (Lipinski definition) is 4. The highest BCUT2D eigenvalue weighted by atomic mass is 32.2. The van der Waals surface area contributed by atoms with E-state index < -0.39 is 17.8 Å². The summed E-state index contributed by atoms with van der Waals surface area (Å²) in [4.78, 5) is 15.2. The Hall–Kier alpha value is -1.28. The molecule has 2 N–H and O–H groups in total. The molecule has 0 aromatic carbocycles. The predicted octanol–water partition coefficient (Wildman–Crippen LogP) is 2.72. The maximum Gasteiger partial charge on any atom is 0.417 e. The van der Waals surface area contributed by atoms with E-state index in [0.29, 0.717) is 17.4 Å². The molecule has 1 atom stereocenters. The number of amides is 1. The lowest BCUT2D eigenvalue weighted by molar-refractivity contribution is -0.137. The van der Waals surface area contributed by atoms with Crippen LogP contribution < -0.4 is 5.32 Å². The van der Waals surface area contributed by atoms with Crippen LogP contribution in [0.4, 0.5) is 13.2 Å². The van der Waals surface area contributed by atoms with Crippen molar-refractivity contribution in [3.63, 3.8) is 0 Å². The van der Waals surface area contributed by atoms with Gasteiger partial charge in [0.25, 0.3) is 0 Å². The smallest absolute Gasteiger partial charge is 0.391 e. The van der Waals surface area contributed by atoms with Crippen LogP contribution in [0.15, 0.2) is 23.4 Å². The normalized spacial score (nSPS) is 13.2. The molecule has 0 aliphatic rings. The van der Waals surface area contributed by atoms with E-state index in [-0.39, 0.29) is 18.2 Å². The van der Waals surface area contributed by atoms with Crippen LogP contribution in [-0.2, 0) is 11.0 Å². The van der Waals surface area contributed by atoms with Gasteiger partial charge in [-0.25, -0.2) is 4.98 Å². The summed E-state index contributed by atoms with van der Waals surface area (Å²) in [5, 5.41) is 12.5. The van der Waals surface area contributed by atoms with E-state index in [1.165, 1.54) is 6.07 Å². The molecular weight excluding hydrogens is 317 g/mol. The molecule has 0 saturated heterocycles. The van der Waals surface area contributed by atoms with Crippen LogP contribution in [0.25, 0.3) is 0 Å². The summed E-state index contributed by atoms with van der Waals surface area (Å²) in [6, 6.07) is 2.16.